The maximum atomic E-state index is 11.8. The van der Waals surface area contributed by atoms with Gasteiger partial charge in [0, 0.05) is 11.6 Å². The first-order valence-corrected chi connectivity index (χ1v) is 8.20. The number of benzene rings is 1. The van der Waals surface area contributed by atoms with Gasteiger partial charge in [-0.2, -0.15) is 10.2 Å². The Labute approximate surface area is 118 Å². The molecule has 7 heteroatoms. The Hall–Kier alpha value is -0.980. The van der Waals surface area contributed by atoms with Gasteiger partial charge < -0.3 is 0 Å². The van der Waals surface area contributed by atoms with E-state index in [9.17, 15) is 8.42 Å². The molecule has 0 bridgehead atoms. The van der Waals surface area contributed by atoms with Crippen molar-refractivity contribution in [3.63, 3.8) is 0 Å². The third-order valence-corrected chi connectivity index (χ3v) is 4.37. The number of hydrogen-bond acceptors (Lipinski definition) is 4. The van der Waals surface area contributed by atoms with E-state index in [1.807, 2.05) is 0 Å². The molecule has 0 spiro atoms. The standard InChI is InChI=1S/C12H16ClN3O2S/c13-11-6-4-10(5-7-11)9-19(17,18)14-8-2-1-3-12-15-16-12/h4-7,12,14H,1-3,8-9H2. The quantitative estimate of drug-likeness (QED) is 0.750. The summed E-state index contributed by atoms with van der Waals surface area (Å²) in [6.45, 7) is 0.461. The third kappa shape index (κ3) is 5.67. The van der Waals surface area contributed by atoms with Crippen LogP contribution in [0.2, 0.25) is 5.02 Å². The normalized spacial score (nSPS) is 14.8. The summed E-state index contributed by atoms with van der Waals surface area (Å²) in [4.78, 5) is 0. The molecule has 0 unspecified atom stereocenters. The summed E-state index contributed by atoms with van der Waals surface area (Å²) in [7, 11) is -3.27. The van der Waals surface area contributed by atoms with Crippen LogP contribution in [0.15, 0.2) is 34.5 Å². The lowest BCUT2D eigenvalue weighted by Crippen LogP contribution is -2.26. The fourth-order valence-corrected chi connectivity index (χ4v) is 3.01. The molecular formula is C12H16ClN3O2S. The summed E-state index contributed by atoms with van der Waals surface area (Å²) in [5.41, 5.74) is 0.729. The first-order chi connectivity index (χ1) is 9.05. The van der Waals surface area contributed by atoms with Gasteiger partial charge in [0.05, 0.1) is 5.75 Å². The van der Waals surface area contributed by atoms with Crippen LogP contribution in [-0.4, -0.2) is 21.1 Å². The molecule has 5 nitrogen and oxygen atoms in total. The molecule has 1 heterocycles. The van der Waals surface area contributed by atoms with E-state index in [2.05, 4.69) is 15.0 Å². The molecule has 1 N–H and O–H groups in total. The summed E-state index contributed by atoms with van der Waals surface area (Å²) >= 11 is 5.75. The van der Waals surface area contributed by atoms with Gasteiger partial charge in [-0.1, -0.05) is 23.7 Å². The third-order valence-electron chi connectivity index (χ3n) is 2.76. The second-order valence-corrected chi connectivity index (χ2v) is 6.73. The zero-order valence-corrected chi connectivity index (χ0v) is 12.0. The van der Waals surface area contributed by atoms with E-state index in [4.69, 9.17) is 11.6 Å². The number of hydrogen-bond donors (Lipinski definition) is 1. The maximum absolute atomic E-state index is 11.8. The van der Waals surface area contributed by atoms with Gasteiger partial charge in [0.2, 0.25) is 10.0 Å². The molecule has 0 fully saturated rings. The van der Waals surface area contributed by atoms with Gasteiger partial charge in [0.15, 0.2) is 6.17 Å². The average Bonchev–Trinajstić information content (AvgIpc) is 3.15. The van der Waals surface area contributed by atoms with Gasteiger partial charge in [-0.25, -0.2) is 13.1 Å². The zero-order chi connectivity index (χ0) is 13.7. The van der Waals surface area contributed by atoms with Crippen LogP contribution in [0.4, 0.5) is 0 Å². The molecule has 1 aliphatic rings. The first-order valence-electron chi connectivity index (χ1n) is 6.17. The predicted molar refractivity (Wildman–Crippen MR) is 74.6 cm³/mol. The van der Waals surface area contributed by atoms with Crippen LogP contribution in [0.1, 0.15) is 24.8 Å². The minimum absolute atomic E-state index is 0.0164. The molecule has 19 heavy (non-hydrogen) atoms. The molecule has 2 rings (SSSR count). The lowest BCUT2D eigenvalue weighted by atomic mass is 10.2. The molecule has 1 aromatic rings. The maximum Gasteiger partial charge on any atom is 0.215 e. The van der Waals surface area contributed by atoms with Gasteiger partial charge in [-0.05, 0) is 37.0 Å². The fraction of sp³-hybridized carbons (Fsp3) is 0.500. The topological polar surface area (TPSA) is 70.9 Å². The Morgan fingerprint density at radius 3 is 2.47 bits per heavy atom. The van der Waals surface area contributed by atoms with Gasteiger partial charge in [-0.3, -0.25) is 0 Å². The van der Waals surface area contributed by atoms with Crippen molar-refractivity contribution in [2.75, 3.05) is 6.54 Å². The van der Waals surface area contributed by atoms with E-state index >= 15 is 0 Å². The highest BCUT2D eigenvalue weighted by Crippen LogP contribution is 2.17. The Bertz CT molecular complexity index is 537. The highest BCUT2D eigenvalue weighted by Gasteiger charge is 2.15. The van der Waals surface area contributed by atoms with Crippen molar-refractivity contribution in [2.45, 2.75) is 31.2 Å². The van der Waals surface area contributed by atoms with E-state index in [1.54, 1.807) is 24.3 Å². The molecule has 0 aliphatic carbocycles. The minimum Gasteiger partial charge on any atom is -0.215 e. The van der Waals surface area contributed by atoms with Crippen LogP contribution < -0.4 is 4.72 Å². The highest BCUT2D eigenvalue weighted by molar-refractivity contribution is 7.88. The Morgan fingerprint density at radius 1 is 1.16 bits per heavy atom. The van der Waals surface area contributed by atoms with Gasteiger partial charge in [0.1, 0.15) is 0 Å². The predicted octanol–water partition coefficient (Wildman–Crippen LogP) is 2.72. The molecule has 0 aromatic heterocycles. The van der Waals surface area contributed by atoms with E-state index in [-0.39, 0.29) is 11.9 Å². The number of nitrogens with one attached hydrogen (secondary N) is 1. The van der Waals surface area contributed by atoms with Crippen molar-refractivity contribution in [3.05, 3.63) is 34.9 Å². The summed E-state index contributed by atoms with van der Waals surface area (Å²) in [6.07, 6.45) is 2.83. The van der Waals surface area contributed by atoms with Crippen molar-refractivity contribution >= 4 is 21.6 Å². The average molecular weight is 302 g/mol. The number of nitrogens with zero attached hydrogens (tertiary/aromatic N) is 2. The molecular weight excluding hydrogens is 286 g/mol. The van der Waals surface area contributed by atoms with Crippen LogP contribution in [0.25, 0.3) is 0 Å². The van der Waals surface area contributed by atoms with Gasteiger partial charge >= 0.3 is 0 Å². The lowest BCUT2D eigenvalue weighted by Gasteiger charge is -2.06. The van der Waals surface area contributed by atoms with Gasteiger partial charge in [-0.15, -0.1) is 0 Å². The Morgan fingerprint density at radius 2 is 1.84 bits per heavy atom. The Kier molecular flexibility index (Phi) is 4.90. The molecule has 0 amide bonds. The summed E-state index contributed by atoms with van der Waals surface area (Å²) < 4.78 is 26.2. The number of sulfonamides is 1. The van der Waals surface area contributed by atoms with Crippen LogP contribution in [0.5, 0.6) is 0 Å². The second kappa shape index (κ2) is 6.45. The summed E-state index contributed by atoms with van der Waals surface area (Å²) in [5, 5.41) is 8.18. The minimum atomic E-state index is -3.27. The van der Waals surface area contributed by atoms with Crippen molar-refractivity contribution in [1.82, 2.24) is 4.72 Å². The smallest absolute Gasteiger partial charge is 0.215 e. The first kappa shape index (κ1) is 14.4. The monoisotopic (exact) mass is 301 g/mol. The van der Waals surface area contributed by atoms with Crippen molar-refractivity contribution in [3.8, 4) is 0 Å². The van der Waals surface area contributed by atoms with Crippen molar-refractivity contribution < 1.29 is 8.42 Å². The largest absolute Gasteiger partial charge is 0.215 e. The van der Waals surface area contributed by atoms with E-state index in [0.29, 0.717) is 11.6 Å². The van der Waals surface area contributed by atoms with Gasteiger partial charge in [0.25, 0.3) is 0 Å². The molecule has 0 radical (unpaired) electrons. The molecule has 0 saturated heterocycles. The highest BCUT2D eigenvalue weighted by atomic mass is 35.5. The zero-order valence-electron chi connectivity index (χ0n) is 10.4. The van der Waals surface area contributed by atoms with E-state index in [1.165, 1.54) is 0 Å². The molecule has 0 saturated carbocycles. The lowest BCUT2D eigenvalue weighted by molar-refractivity contribution is 0.572. The number of unbranched alkanes of at least 4 members (excludes halogenated alkanes) is 1. The SMILES string of the molecule is O=S(=O)(Cc1ccc(Cl)cc1)NCCCCC1N=N1. The van der Waals surface area contributed by atoms with Crippen LogP contribution in [0, 0.1) is 0 Å². The number of rotatable bonds is 8. The molecule has 1 aliphatic heterocycles. The van der Waals surface area contributed by atoms with E-state index < -0.39 is 10.0 Å². The van der Waals surface area contributed by atoms with E-state index in [0.717, 1.165) is 24.8 Å². The van der Waals surface area contributed by atoms with Crippen LogP contribution >= 0.6 is 11.6 Å². The Balaban J connectivity index is 1.69. The van der Waals surface area contributed by atoms with Crippen molar-refractivity contribution in [1.29, 1.82) is 0 Å². The molecule has 104 valence electrons. The van der Waals surface area contributed by atoms with Crippen LogP contribution in [0.3, 0.4) is 0 Å². The second-order valence-electron chi connectivity index (χ2n) is 4.49. The fourth-order valence-electron chi connectivity index (χ4n) is 1.69. The van der Waals surface area contributed by atoms with Crippen LogP contribution in [-0.2, 0) is 15.8 Å². The van der Waals surface area contributed by atoms with Crippen molar-refractivity contribution in [2.24, 2.45) is 10.2 Å². The molecule has 1 aromatic carbocycles. The summed E-state index contributed by atoms with van der Waals surface area (Å²) in [6, 6.07) is 6.82. The number of halogens is 1. The summed E-state index contributed by atoms with van der Waals surface area (Å²) in [5.74, 6) is -0.0164. The molecule has 0 atom stereocenters.